The van der Waals surface area contributed by atoms with E-state index in [1.54, 1.807) is 0 Å². The van der Waals surface area contributed by atoms with Gasteiger partial charge in [-0.05, 0) is 85.8 Å². The monoisotopic (exact) mass is 539 g/mol. The van der Waals surface area contributed by atoms with Gasteiger partial charge < -0.3 is 16.0 Å². The zero-order valence-corrected chi connectivity index (χ0v) is 23.1. The molecule has 0 atom stereocenters. The number of benzene rings is 7. The fraction of sp³-hybridized carbons (Fsp3) is 0.0256. The number of rotatable bonds is 4. The van der Waals surface area contributed by atoms with Gasteiger partial charge in [0, 0.05) is 39.7 Å². The number of nitrogen functional groups attached to an aromatic ring is 2. The van der Waals surface area contributed by atoms with Gasteiger partial charge in [-0.15, -0.1) is 0 Å². The van der Waals surface area contributed by atoms with E-state index in [1.165, 1.54) is 49.4 Å². The van der Waals surface area contributed by atoms with Gasteiger partial charge in [0.25, 0.3) is 0 Å². The van der Waals surface area contributed by atoms with Gasteiger partial charge in [0.1, 0.15) is 0 Å². The highest BCUT2D eigenvalue weighted by atomic mass is 15.0. The number of nitrogens with zero attached hydrogens (tertiary/aromatic N) is 1. The third-order valence-corrected chi connectivity index (χ3v) is 8.55. The van der Waals surface area contributed by atoms with E-state index in [-0.39, 0.29) is 0 Å². The Morgan fingerprint density at radius 3 is 1.60 bits per heavy atom. The van der Waals surface area contributed by atoms with Crippen LogP contribution in [0.25, 0.3) is 65.6 Å². The molecule has 7 aromatic carbocycles. The van der Waals surface area contributed by atoms with Crippen LogP contribution in [0, 0.1) is 0 Å². The molecule has 1 heterocycles. The number of hydrogen-bond donors (Lipinski definition) is 2. The van der Waals surface area contributed by atoms with Crippen LogP contribution in [0.1, 0.15) is 5.56 Å². The largest absolute Gasteiger partial charge is 0.399 e. The Kier molecular flexibility index (Phi) is 5.51. The lowest BCUT2D eigenvalue weighted by molar-refractivity contribution is 0.871. The van der Waals surface area contributed by atoms with Gasteiger partial charge >= 0.3 is 0 Å². The summed E-state index contributed by atoms with van der Waals surface area (Å²) in [5.41, 5.74) is 22.5. The van der Waals surface area contributed by atoms with Crippen molar-refractivity contribution in [3.05, 3.63) is 145 Å². The first-order valence-electron chi connectivity index (χ1n) is 14.3. The van der Waals surface area contributed by atoms with Crippen molar-refractivity contribution in [2.75, 3.05) is 11.5 Å². The molecule has 0 saturated heterocycles. The maximum absolute atomic E-state index is 6.21. The van der Waals surface area contributed by atoms with E-state index in [0.29, 0.717) is 0 Å². The molecule has 8 rings (SSSR count). The lowest BCUT2D eigenvalue weighted by Gasteiger charge is -2.17. The first-order valence-corrected chi connectivity index (χ1v) is 14.3. The summed E-state index contributed by atoms with van der Waals surface area (Å²) in [6.45, 7) is 0.726. The Morgan fingerprint density at radius 2 is 0.905 bits per heavy atom. The lowest BCUT2D eigenvalue weighted by Crippen LogP contribution is -2.02. The standard InChI is InChI=1S/C39H29N3/c40-27-16-20-38-36(22-27)37-23-28(41)17-21-39(37)42(38)24-26-9-2-4-12-30(26)34-18-19-35(33-14-6-5-13-32(33)34)31-15-7-10-25-8-1-3-11-29(25)31/h1-23H,24,40-41H2. The SMILES string of the molecule is Nc1ccc2c(c1)c1cc(N)ccc1n2Cc1ccccc1-c1ccc(-c2cccc3ccccc23)c2ccccc12. The summed E-state index contributed by atoms with van der Waals surface area (Å²) in [4.78, 5) is 0. The first-order chi connectivity index (χ1) is 20.7. The average molecular weight is 540 g/mol. The summed E-state index contributed by atoms with van der Waals surface area (Å²) in [7, 11) is 0. The van der Waals surface area contributed by atoms with Crippen LogP contribution in [-0.2, 0) is 6.54 Å². The highest BCUT2D eigenvalue weighted by Crippen LogP contribution is 2.40. The maximum Gasteiger partial charge on any atom is 0.0496 e. The summed E-state index contributed by atoms with van der Waals surface area (Å²) in [6.07, 6.45) is 0. The Morgan fingerprint density at radius 1 is 0.405 bits per heavy atom. The zero-order valence-electron chi connectivity index (χ0n) is 23.1. The van der Waals surface area contributed by atoms with Gasteiger partial charge in [-0.3, -0.25) is 0 Å². The van der Waals surface area contributed by atoms with Gasteiger partial charge in [-0.2, -0.15) is 0 Å². The van der Waals surface area contributed by atoms with E-state index in [0.717, 1.165) is 39.7 Å². The highest BCUT2D eigenvalue weighted by molar-refractivity contribution is 6.11. The molecule has 3 nitrogen and oxygen atoms in total. The Bertz CT molecular complexity index is 2240. The van der Waals surface area contributed by atoms with E-state index >= 15 is 0 Å². The summed E-state index contributed by atoms with van der Waals surface area (Å²) in [5, 5.41) is 7.27. The number of hydrogen-bond acceptors (Lipinski definition) is 2. The average Bonchev–Trinajstić information content (AvgIpc) is 3.32. The molecule has 0 unspecified atom stereocenters. The Labute approximate surface area is 244 Å². The normalized spacial score (nSPS) is 11.6. The maximum atomic E-state index is 6.21. The first kappa shape index (κ1) is 24.3. The fourth-order valence-electron chi connectivity index (χ4n) is 6.63. The van der Waals surface area contributed by atoms with Crippen LogP contribution in [0.5, 0.6) is 0 Å². The lowest BCUT2D eigenvalue weighted by atomic mass is 9.89. The van der Waals surface area contributed by atoms with Crippen molar-refractivity contribution in [2.24, 2.45) is 0 Å². The van der Waals surface area contributed by atoms with Crippen LogP contribution in [0.3, 0.4) is 0 Å². The summed E-state index contributed by atoms with van der Waals surface area (Å²) >= 11 is 0. The summed E-state index contributed by atoms with van der Waals surface area (Å²) in [6, 6.07) is 49.7. The molecule has 4 N–H and O–H groups in total. The van der Waals surface area contributed by atoms with Crippen LogP contribution in [-0.4, -0.2) is 4.57 Å². The van der Waals surface area contributed by atoms with Crippen LogP contribution in [0.15, 0.2) is 140 Å². The second-order valence-electron chi connectivity index (χ2n) is 11.0. The van der Waals surface area contributed by atoms with Crippen molar-refractivity contribution < 1.29 is 0 Å². The number of aromatic nitrogens is 1. The number of nitrogens with two attached hydrogens (primary N) is 2. The van der Waals surface area contributed by atoms with Crippen molar-refractivity contribution in [1.29, 1.82) is 0 Å². The molecule has 42 heavy (non-hydrogen) atoms. The molecule has 0 aliphatic carbocycles. The predicted octanol–water partition coefficient (Wildman–Crippen LogP) is 9.65. The van der Waals surface area contributed by atoms with E-state index in [4.69, 9.17) is 11.5 Å². The molecule has 8 aromatic rings. The quantitative estimate of drug-likeness (QED) is 0.219. The summed E-state index contributed by atoms with van der Waals surface area (Å²) in [5.74, 6) is 0. The number of fused-ring (bicyclic) bond motifs is 5. The van der Waals surface area contributed by atoms with Crippen molar-refractivity contribution in [2.45, 2.75) is 6.54 Å². The van der Waals surface area contributed by atoms with E-state index in [9.17, 15) is 0 Å². The van der Waals surface area contributed by atoms with Crippen molar-refractivity contribution in [3.63, 3.8) is 0 Å². The third kappa shape index (κ3) is 3.82. The number of anilines is 2. The molecule has 0 amide bonds. The second-order valence-corrected chi connectivity index (χ2v) is 11.0. The van der Waals surface area contributed by atoms with E-state index < -0.39 is 0 Å². The van der Waals surface area contributed by atoms with Crippen molar-refractivity contribution in [1.82, 2.24) is 4.57 Å². The van der Waals surface area contributed by atoms with Gasteiger partial charge in [0.15, 0.2) is 0 Å². The van der Waals surface area contributed by atoms with Crippen molar-refractivity contribution >= 4 is 54.7 Å². The molecule has 0 aliphatic rings. The van der Waals surface area contributed by atoms with Gasteiger partial charge in [0.05, 0.1) is 0 Å². The molecule has 0 saturated carbocycles. The van der Waals surface area contributed by atoms with Crippen LogP contribution >= 0.6 is 0 Å². The molecule has 1 aromatic heterocycles. The minimum atomic E-state index is 0.726. The molecule has 0 aliphatic heterocycles. The van der Waals surface area contributed by atoms with E-state index in [2.05, 4.69) is 132 Å². The molecule has 0 spiro atoms. The molecule has 0 bridgehead atoms. The van der Waals surface area contributed by atoms with Gasteiger partial charge in [-0.1, -0.05) is 103 Å². The van der Waals surface area contributed by atoms with Gasteiger partial charge in [0.2, 0.25) is 0 Å². The van der Waals surface area contributed by atoms with Crippen LogP contribution < -0.4 is 11.5 Å². The smallest absolute Gasteiger partial charge is 0.0496 e. The van der Waals surface area contributed by atoms with Crippen LogP contribution in [0.4, 0.5) is 11.4 Å². The highest BCUT2D eigenvalue weighted by Gasteiger charge is 2.16. The Balaban J connectivity index is 1.32. The molecular weight excluding hydrogens is 510 g/mol. The van der Waals surface area contributed by atoms with E-state index in [1.807, 2.05) is 12.1 Å². The second kappa shape index (κ2) is 9.53. The minimum Gasteiger partial charge on any atom is -0.399 e. The summed E-state index contributed by atoms with van der Waals surface area (Å²) < 4.78 is 2.38. The zero-order chi connectivity index (χ0) is 28.2. The molecular formula is C39H29N3. The van der Waals surface area contributed by atoms with Crippen molar-refractivity contribution in [3.8, 4) is 22.3 Å². The minimum absolute atomic E-state index is 0.726. The molecule has 0 fully saturated rings. The Hall–Kier alpha value is -5.54. The fourth-order valence-corrected chi connectivity index (χ4v) is 6.63. The molecule has 200 valence electrons. The van der Waals surface area contributed by atoms with Gasteiger partial charge in [-0.25, -0.2) is 0 Å². The third-order valence-electron chi connectivity index (χ3n) is 8.55. The molecule has 3 heteroatoms. The predicted molar refractivity (Wildman–Crippen MR) is 180 cm³/mol. The topological polar surface area (TPSA) is 57.0 Å². The van der Waals surface area contributed by atoms with Crippen LogP contribution in [0.2, 0.25) is 0 Å². The molecule has 0 radical (unpaired) electrons.